The standard InChI is InChI=1S/C7H9N3/c1-2-10-7-5-9-4-6(7)3-8-1/h1-3,8-9H,4-5H2. The van der Waals surface area contributed by atoms with Crippen LogP contribution in [0.2, 0.25) is 0 Å². The van der Waals surface area contributed by atoms with E-state index in [1.807, 2.05) is 12.4 Å². The molecular weight excluding hydrogens is 126 g/mol. The summed E-state index contributed by atoms with van der Waals surface area (Å²) in [6.07, 6.45) is 5.60. The minimum absolute atomic E-state index is 0.901. The molecule has 0 aliphatic carbocycles. The molecular formula is C7H9N3. The summed E-state index contributed by atoms with van der Waals surface area (Å²) >= 11 is 0. The van der Waals surface area contributed by atoms with E-state index in [2.05, 4.69) is 15.6 Å². The molecule has 0 radical (unpaired) electrons. The highest BCUT2D eigenvalue weighted by Crippen LogP contribution is 2.04. The maximum atomic E-state index is 4.23. The molecule has 0 bridgehead atoms. The van der Waals surface area contributed by atoms with Gasteiger partial charge >= 0.3 is 0 Å². The van der Waals surface area contributed by atoms with E-state index in [-0.39, 0.29) is 0 Å². The van der Waals surface area contributed by atoms with Gasteiger partial charge < -0.3 is 10.6 Å². The zero-order valence-electron chi connectivity index (χ0n) is 5.59. The van der Waals surface area contributed by atoms with Gasteiger partial charge in [-0.3, -0.25) is 4.99 Å². The van der Waals surface area contributed by atoms with Crippen LogP contribution in [0.4, 0.5) is 0 Å². The van der Waals surface area contributed by atoms with Crippen molar-refractivity contribution in [1.82, 2.24) is 10.6 Å². The number of hydrogen-bond donors (Lipinski definition) is 2. The van der Waals surface area contributed by atoms with Crippen LogP contribution in [-0.4, -0.2) is 18.8 Å². The van der Waals surface area contributed by atoms with Gasteiger partial charge in [-0.25, -0.2) is 0 Å². The zero-order chi connectivity index (χ0) is 6.81. The molecule has 0 aromatic heterocycles. The molecule has 0 atom stereocenters. The average molecular weight is 135 g/mol. The summed E-state index contributed by atoms with van der Waals surface area (Å²) in [4.78, 5) is 4.23. The van der Waals surface area contributed by atoms with Crippen LogP contribution in [0.1, 0.15) is 0 Å². The first-order valence-electron chi connectivity index (χ1n) is 3.35. The van der Waals surface area contributed by atoms with Gasteiger partial charge in [-0.15, -0.1) is 0 Å². The molecule has 3 nitrogen and oxygen atoms in total. The van der Waals surface area contributed by atoms with Crippen LogP contribution in [0.5, 0.6) is 0 Å². The van der Waals surface area contributed by atoms with E-state index >= 15 is 0 Å². The fraction of sp³-hybridized carbons (Fsp3) is 0.286. The first-order chi connectivity index (χ1) is 4.97. The van der Waals surface area contributed by atoms with Gasteiger partial charge in [-0.2, -0.15) is 0 Å². The fourth-order valence-corrected chi connectivity index (χ4v) is 1.11. The van der Waals surface area contributed by atoms with Crippen LogP contribution in [0.15, 0.2) is 29.2 Å². The number of aliphatic imine (C=N–C) groups is 1. The molecule has 1 fully saturated rings. The minimum Gasteiger partial charge on any atom is -0.366 e. The summed E-state index contributed by atoms with van der Waals surface area (Å²) < 4.78 is 0. The first-order valence-corrected chi connectivity index (χ1v) is 3.35. The Hall–Kier alpha value is -1.09. The smallest absolute Gasteiger partial charge is 0.0601 e. The molecule has 0 aromatic rings. The first kappa shape index (κ1) is 5.68. The number of nitrogens with zero attached hydrogens (tertiary/aromatic N) is 1. The van der Waals surface area contributed by atoms with Crippen molar-refractivity contribution in [3.8, 4) is 0 Å². The zero-order valence-corrected chi connectivity index (χ0v) is 5.59. The summed E-state index contributed by atoms with van der Waals surface area (Å²) in [7, 11) is 0. The van der Waals surface area contributed by atoms with E-state index in [0.717, 1.165) is 18.8 Å². The van der Waals surface area contributed by atoms with E-state index in [9.17, 15) is 0 Å². The Morgan fingerprint density at radius 1 is 1.40 bits per heavy atom. The molecule has 2 rings (SSSR count). The van der Waals surface area contributed by atoms with E-state index in [4.69, 9.17) is 0 Å². The van der Waals surface area contributed by atoms with E-state index < -0.39 is 0 Å². The third kappa shape index (κ3) is 0.844. The lowest BCUT2D eigenvalue weighted by atomic mass is 10.2. The maximum absolute atomic E-state index is 4.23. The Labute approximate surface area is 59.5 Å². The Kier molecular flexibility index (Phi) is 1.29. The highest BCUT2D eigenvalue weighted by atomic mass is 15.0. The topological polar surface area (TPSA) is 36.4 Å². The molecule has 0 unspecified atom stereocenters. The molecule has 0 amide bonds. The molecule has 10 heavy (non-hydrogen) atoms. The van der Waals surface area contributed by atoms with Gasteiger partial charge in [-0.05, 0) is 0 Å². The Morgan fingerprint density at radius 2 is 2.40 bits per heavy atom. The molecule has 0 aromatic carbocycles. The lowest BCUT2D eigenvalue weighted by molar-refractivity contribution is 0.902. The van der Waals surface area contributed by atoms with Crippen molar-refractivity contribution in [3.63, 3.8) is 0 Å². The molecule has 52 valence electrons. The number of nitrogens with one attached hydrogen (secondary N) is 2. The van der Waals surface area contributed by atoms with Crippen molar-refractivity contribution in [2.45, 2.75) is 0 Å². The molecule has 2 aliphatic heterocycles. The van der Waals surface area contributed by atoms with Crippen molar-refractivity contribution in [1.29, 1.82) is 0 Å². The van der Waals surface area contributed by atoms with Crippen molar-refractivity contribution in [3.05, 3.63) is 24.2 Å². The summed E-state index contributed by atoms with van der Waals surface area (Å²) in [5, 5.41) is 6.24. The second kappa shape index (κ2) is 2.27. The number of hydrogen-bond acceptors (Lipinski definition) is 3. The van der Waals surface area contributed by atoms with Crippen LogP contribution in [0.25, 0.3) is 0 Å². The van der Waals surface area contributed by atoms with Crippen molar-refractivity contribution >= 4 is 5.71 Å². The number of fused-ring (bicyclic) bond motifs is 1. The lowest BCUT2D eigenvalue weighted by Crippen LogP contribution is -2.07. The summed E-state index contributed by atoms with van der Waals surface area (Å²) in [6, 6.07) is 0. The molecule has 1 saturated heterocycles. The van der Waals surface area contributed by atoms with E-state index in [0.29, 0.717) is 0 Å². The van der Waals surface area contributed by atoms with Crippen molar-refractivity contribution < 1.29 is 0 Å². The van der Waals surface area contributed by atoms with Gasteiger partial charge in [-0.1, -0.05) is 0 Å². The van der Waals surface area contributed by atoms with E-state index in [1.54, 1.807) is 6.20 Å². The van der Waals surface area contributed by atoms with Crippen molar-refractivity contribution in [2.75, 3.05) is 13.1 Å². The van der Waals surface area contributed by atoms with Gasteiger partial charge in [0.1, 0.15) is 0 Å². The maximum Gasteiger partial charge on any atom is 0.0601 e. The summed E-state index contributed by atoms with van der Waals surface area (Å²) in [6.45, 7) is 1.84. The Balaban J connectivity index is 2.34. The second-order valence-electron chi connectivity index (χ2n) is 2.33. The molecule has 2 heterocycles. The largest absolute Gasteiger partial charge is 0.366 e. The average Bonchev–Trinajstić information content (AvgIpc) is 2.28. The van der Waals surface area contributed by atoms with Crippen LogP contribution in [0.3, 0.4) is 0 Å². The van der Waals surface area contributed by atoms with E-state index in [1.165, 1.54) is 5.57 Å². The third-order valence-corrected chi connectivity index (χ3v) is 1.64. The van der Waals surface area contributed by atoms with Gasteiger partial charge in [0.25, 0.3) is 0 Å². The van der Waals surface area contributed by atoms with Crippen LogP contribution in [0, 0.1) is 0 Å². The normalized spacial score (nSPS) is 22.4. The highest BCUT2D eigenvalue weighted by Gasteiger charge is 2.13. The molecule has 2 aliphatic rings. The van der Waals surface area contributed by atoms with Gasteiger partial charge in [0, 0.05) is 37.3 Å². The van der Waals surface area contributed by atoms with Crippen LogP contribution in [-0.2, 0) is 0 Å². The predicted molar refractivity (Wildman–Crippen MR) is 40.7 cm³/mol. The number of rotatable bonds is 0. The molecule has 0 spiro atoms. The lowest BCUT2D eigenvalue weighted by Gasteiger charge is -1.92. The molecule has 0 saturated carbocycles. The summed E-state index contributed by atoms with van der Waals surface area (Å²) in [5.41, 5.74) is 2.42. The van der Waals surface area contributed by atoms with Gasteiger partial charge in [0.15, 0.2) is 0 Å². The SMILES string of the molecule is C1=CNC=C2CNCC2=N1. The third-order valence-electron chi connectivity index (χ3n) is 1.64. The Bertz CT molecular complexity index is 225. The second-order valence-corrected chi connectivity index (χ2v) is 2.33. The van der Waals surface area contributed by atoms with Crippen LogP contribution >= 0.6 is 0 Å². The van der Waals surface area contributed by atoms with Crippen molar-refractivity contribution in [2.24, 2.45) is 4.99 Å². The predicted octanol–water partition coefficient (Wildman–Crippen LogP) is -0.0111. The Morgan fingerprint density at radius 3 is 3.40 bits per heavy atom. The van der Waals surface area contributed by atoms with Gasteiger partial charge in [0.2, 0.25) is 0 Å². The molecule has 3 heteroatoms. The summed E-state index contributed by atoms with van der Waals surface area (Å²) in [5.74, 6) is 0. The van der Waals surface area contributed by atoms with Gasteiger partial charge in [0.05, 0.1) is 5.71 Å². The monoisotopic (exact) mass is 135 g/mol. The quantitative estimate of drug-likeness (QED) is 0.490. The molecule has 2 N–H and O–H groups in total. The highest BCUT2D eigenvalue weighted by molar-refractivity contribution is 6.04. The van der Waals surface area contributed by atoms with Crippen LogP contribution < -0.4 is 10.6 Å². The minimum atomic E-state index is 0.901. The fourth-order valence-electron chi connectivity index (χ4n) is 1.11.